The minimum Gasteiger partial charge on any atom is -0.444 e. The van der Waals surface area contributed by atoms with E-state index in [1.165, 1.54) is 9.80 Å². The number of carbonyl (C=O) groups excluding carboxylic acids is 2. The molecule has 6 heteroatoms. The molecule has 21 heavy (non-hydrogen) atoms. The van der Waals surface area contributed by atoms with Gasteiger partial charge in [-0.15, -0.1) is 0 Å². The van der Waals surface area contributed by atoms with E-state index >= 15 is 0 Å². The van der Waals surface area contributed by atoms with Crippen LogP contribution in [0.15, 0.2) is 0 Å². The summed E-state index contributed by atoms with van der Waals surface area (Å²) >= 11 is 0. The van der Waals surface area contributed by atoms with Crippen LogP contribution in [0.3, 0.4) is 0 Å². The van der Waals surface area contributed by atoms with Gasteiger partial charge in [0.15, 0.2) is 0 Å². The highest BCUT2D eigenvalue weighted by Gasteiger charge is 2.33. The first kappa shape index (κ1) is 17.8. The molecular formula is C15H28N2O4. The number of nitrogens with zero attached hydrogens (tertiary/aromatic N) is 2. The van der Waals surface area contributed by atoms with Crippen molar-refractivity contribution in [2.24, 2.45) is 0 Å². The summed E-state index contributed by atoms with van der Waals surface area (Å²) in [5.41, 5.74) is -0.600. The van der Waals surface area contributed by atoms with Gasteiger partial charge in [0, 0.05) is 14.1 Å². The second-order valence-electron chi connectivity index (χ2n) is 6.73. The largest absolute Gasteiger partial charge is 0.444 e. The minimum atomic E-state index is -0.600. The molecule has 1 heterocycles. The van der Waals surface area contributed by atoms with Crippen molar-refractivity contribution in [3.63, 3.8) is 0 Å². The maximum absolute atomic E-state index is 12.4. The third-order valence-corrected chi connectivity index (χ3v) is 3.23. The molecule has 0 spiro atoms. The number of hydrogen-bond acceptors (Lipinski definition) is 4. The molecule has 0 radical (unpaired) electrons. The van der Waals surface area contributed by atoms with Crippen molar-refractivity contribution in [2.75, 3.05) is 20.6 Å². The van der Waals surface area contributed by atoms with Gasteiger partial charge in [-0.3, -0.25) is 9.69 Å². The van der Waals surface area contributed by atoms with Crippen molar-refractivity contribution in [3.8, 4) is 0 Å². The van der Waals surface area contributed by atoms with Crippen LogP contribution in [0.2, 0.25) is 0 Å². The molecule has 0 saturated carbocycles. The van der Waals surface area contributed by atoms with Gasteiger partial charge in [-0.2, -0.15) is 0 Å². The first-order chi connectivity index (χ1) is 9.60. The lowest BCUT2D eigenvalue weighted by molar-refractivity contribution is -0.143. The van der Waals surface area contributed by atoms with Gasteiger partial charge in [0.05, 0.1) is 6.10 Å². The van der Waals surface area contributed by atoms with Crippen molar-refractivity contribution in [3.05, 3.63) is 0 Å². The lowest BCUT2D eigenvalue weighted by Gasteiger charge is -2.37. The van der Waals surface area contributed by atoms with E-state index in [4.69, 9.17) is 9.47 Å². The quantitative estimate of drug-likeness (QED) is 0.802. The zero-order valence-electron chi connectivity index (χ0n) is 14.0. The second-order valence-corrected chi connectivity index (χ2v) is 6.73. The monoisotopic (exact) mass is 300 g/mol. The van der Waals surface area contributed by atoms with E-state index in [9.17, 15) is 9.59 Å². The van der Waals surface area contributed by atoms with Crippen molar-refractivity contribution < 1.29 is 19.1 Å². The van der Waals surface area contributed by atoms with Gasteiger partial charge >= 0.3 is 6.09 Å². The van der Waals surface area contributed by atoms with Crippen LogP contribution >= 0.6 is 0 Å². The standard InChI is InChI=1S/C15H28N2O4/c1-11-8-7-9-13(20-11)17(10-12(18)16(5)6)14(19)21-15(2,3)4/h11,13H,7-10H2,1-6H3/t11-,13-/m1/s1. The molecule has 0 bridgehead atoms. The number of amides is 2. The summed E-state index contributed by atoms with van der Waals surface area (Å²) in [5.74, 6) is -0.150. The lowest BCUT2D eigenvalue weighted by atomic mass is 10.1. The van der Waals surface area contributed by atoms with E-state index < -0.39 is 17.9 Å². The Kier molecular flexibility index (Phi) is 6.01. The summed E-state index contributed by atoms with van der Waals surface area (Å²) in [6.07, 6.45) is 1.86. The zero-order valence-corrected chi connectivity index (χ0v) is 14.0. The second kappa shape index (κ2) is 7.11. The minimum absolute atomic E-state index is 0.0285. The van der Waals surface area contributed by atoms with Crippen LogP contribution in [-0.4, -0.2) is 60.4 Å². The van der Waals surface area contributed by atoms with E-state index in [2.05, 4.69) is 0 Å². The van der Waals surface area contributed by atoms with Crippen LogP contribution in [-0.2, 0) is 14.3 Å². The Balaban J connectivity index is 2.83. The van der Waals surface area contributed by atoms with Gasteiger partial charge < -0.3 is 14.4 Å². The molecule has 1 aliphatic heterocycles. The van der Waals surface area contributed by atoms with Crippen molar-refractivity contribution in [1.82, 2.24) is 9.80 Å². The lowest BCUT2D eigenvalue weighted by Crippen LogP contribution is -2.50. The SMILES string of the molecule is C[C@@H]1CCC[C@H](N(CC(=O)N(C)C)C(=O)OC(C)(C)C)O1. The Morgan fingerprint density at radius 1 is 1.24 bits per heavy atom. The van der Waals surface area contributed by atoms with Crippen molar-refractivity contribution >= 4 is 12.0 Å². The van der Waals surface area contributed by atoms with Crippen LogP contribution in [0.1, 0.15) is 47.0 Å². The fourth-order valence-electron chi connectivity index (χ4n) is 2.11. The summed E-state index contributed by atoms with van der Waals surface area (Å²) in [6.45, 7) is 7.37. The molecule has 0 aromatic heterocycles. The van der Waals surface area contributed by atoms with E-state index in [1.54, 1.807) is 34.9 Å². The van der Waals surface area contributed by atoms with Crippen LogP contribution in [0.5, 0.6) is 0 Å². The van der Waals surface area contributed by atoms with E-state index in [1.807, 2.05) is 6.92 Å². The number of hydrogen-bond donors (Lipinski definition) is 0. The van der Waals surface area contributed by atoms with Gasteiger partial charge in [0.1, 0.15) is 18.4 Å². The summed E-state index contributed by atoms with van der Waals surface area (Å²) < 4.78 is 11.2. The van der Waals surface area contributed by atoms with Crippen molar-refractivity contribution in [1.29, 1.82) is 0 Å². The van der Waals surface area contributed by atoms with E-state index in [-0.39, 0.29) is 18.6 Å². The Hall–Kier alpha value is -1.30. The molecular weight excluding hydrogens is 272 g/mol. The Morgan fingerprint density at radius 3 is 2.33 bits per heavy atom. The molecule has 6 nitrogen and oxygen atoms in total. The Labute approximate surface area is 127 Å². The predicted molar refractivity (Wildman–Crippen MR) is 79.8 cm³/mol. The summed E-state index contributed by atoms with van der Waals surface area (Å²) in [6, 6.07) is 0. The number of likely N-dealkylation sites (N-methyl/N-ethyl adjacent to an activating group) is 1. The van der Waals surface area contributed by atoms with Crippen LogP contribution in [0, 0.1) is 0 Å². The molecule has 1 rings (SSSR count). The smallest absolute Gasteiger partial charge is 0.412 e. The fraction of sp³-hybridized carbons (Fsp3) is 0.867. The predicted octanol–water partition coefficient (Wildman–Crippen LogP) is 2.23. The first-order valence-corrected chi connectivity index (χ1v) is 7.45. The van der Waals surface area contributed by atoms with Gasteiger partial charge in [-0.25, -0.2) is 4.79 Å². The maximum atomic E-state index is 12.4. The molecule has 1 fully saturated rings. The number of carbonyl (C=O) groups is 2. The molecule has 2 atom stereocenters. The van der Waals surface area contributed by atoms with Crippen LogP contribution in [0.4, 0.5) is 4.79 Å². The third-order valence-electron chi connectivity index (χ3n) is 3.23. The van der Waals surface area contributed by atoms with E-state index in [0.717, 1.165) is 19.3 Å². The maximum Gasteiger partial charge on any atom is 0.412 e. The van der Waals surface area contributed by atoms with Crippen LogP contribution < -0.4 is 0 Å². The Morgan fingerprint density at radius 2 is 1.86 bits per heavy atom. The molecule has 0 aliphatic carbocycles. The molecule has 1 aliphatic rings. The van der Waals surface area contributed by atoms with E-state index in [0.29, 0.717) is 0 Å². The highest BCUT2D eigenvalue weighted by molar-refractivity contribution is 5.82. The highest BCUT2D eigenvalue weighted by Crippen LogP contribution is 2.23. The average Bonchev–Trinajstić information content (AvgIpc) is 2.33. The summed E-state index contributed by atoms with van der Waals surface area (Å²) in [4.78, 5) is 27.2. The summed E-state index contributed by atoms with van der Waals surface area (Å²) in [7, 11) is 3.33. The zero-order chi connectivity index (χ0) is 16.2. The molecule has 122 valence electrons. The number of ether oxygens (including phenoxy) is 2. The molecule has 0 aromatic rings. The highest BCUT2D eigenvalue weighted by atomic mass is 16.6. The van der Waals surface area contributed by atoms with Crippen molar-refractivity contribution in [2.45, 2.75) is 64.9 Å². The fourth-order valence-corrected chi connectivity index (χ4v) is 2.11. The Bertz CT molecular complexity index is 376. The van der Waals surface area contributed by atoms with Crippen LogP contribution in [0.25, 0.3) is 0 Å². The molecule has 0 aromatic carbocycles. The summed E-state index contributed by atoms with van der Waals surface area (Å²) in [5, 5.41) is 0. The third kappa shape index (κ3) is 5.91. The molecule has 0 unspecified atom stereocenters. The molecule has 1 saturated heterocycles. The van der Waals surface area contributed by atoms with Gasteiger partial charge in [0.25, 0.3) is 0 Å². The van der Waals surface area contributed by atoms with Gasteiger partial charge in [0.2, 0.25) is 5.91 Å². The molecule has 0 N–H and O–H groups in total. The average molecular weight is 300 g/mol. The molecule has 2 amide bonds. The number of rotatable bonds is 3. The topological polar surface area (TPSA) is 59.1 Å². The van der Waals surface area contributed by atoms with Gasteiger partial charge in [-0.05, 0) is 47.0 Å². The normalized spacial score (nSPS) is 22.6. The van der Waals surface area contributed by atoms with Gasteiger partial charge in [-0.1, -0.05) is 0 Å². The first-order valence-electron chi connectivity index (χ1n) is 7.45.